The Hall–Kier alpha value is -2.01. The third-order valence-electron chi connectivity index (χ3n) is 4.02. The standard InChI is InChI=1S/C17H21FN4/c1-22(2)17-20-11-15(12-5-3-7-14(18)9-12)16(21-17)13-6-4-8-19-10-13/h3,5,7,9,11,13,19H,4,6,8,10H2,1-2H3/t13-/m1/s1. The van der Waals surface area contributed by atoms with Gasteiger partial charge in [0.25, 0.3) is 0 Å². The van der Waals surface area contributed by atoms with E-state index in [1.807, 2.05) is 31.3 Å². The lowest BCUT2D eigenvalue weighted by Gasteiger charge is -2.25. The molecule has 5 heteroatoms. The van der Waals surface area contributed by atoms with Crippen molar-refractivity contribution in [2.45, 2.75) is 18.8 Å². The van der Waals surface area contributed by atoms with Crippen LogP contribution in [0.4, 0.5) is 10.3 Å². The molecule has 1 aromatic carbocycles. The molecule has 1 fully saturated rings. The Morgan fingerprint density at radius 2 is 2.18 bits per heavy atom. The van der Waals surface area contributed by atoms with E-state index in [-0.39, 0.29) is 5.82 Å². The third-order valence-corrected chi connectivity index (χ3v) is 4.02. The molecule has 0 saturated carbocycles. The smallest absolute Gasteiger partial charge is 0.225 e. The minimum Gasteiger partial charge on any atom is -0.347 e. The zero-order chi connectivity index (χ0) is 15.5. The van der Waals surface area contributed by atoms with Gasteiger partial charge in [-0.05, 0) is 37.1 Å². The van der Waals surface area contributed by atoms with Crippen molar-refractivity contribution in [3.63, 3.8) is 0 Å². The quantitative estimate of drug-likeness (QED) is 0.946. The Kier molecular flexibility index (Phi) is 4.34. The molecule has 2 aromatic rings. The van der Waals surface area contributed by atoms with Gasteiger partial charge in [-0.3, -0.25) is 0 Å². The van der Waals surface area contributed by atoms with E-state index >= 15 is 0 Å². The second kappa shape index (κ2) is 6.40. The van der Waals surface area contributed by atoms with Gasteiger partial charge >= 0.3 is 0 Å². The molecule has 116 valence electrons. The average molecular weight is 300 g/mol. The lowest BCUT2D eigenvalue weighted by atomic mass is 9.91. The van der Waals surface area contributed by atoms with Crippen molar-refractivity contribution in [3.05, 3.63) is 42.0 Å². The first-order chi connectivity index (χ1) is 10.6. The van der Waals surface area contributed by atoms with E-state index < -0.39 is 0 Å². The van der Waals surface area contributed by atoms with E-state index in [4.69, 9.17) is 4.98 Å². The van der Waals surface area contributed by atoms with Gasteiger partial charge in [-0.15, -0.1) is 0 Å². The molecule has 1 aromatic heterocycles. The number of piperidine rings is 1. The maximum Gasteiger partial charge on any atom is 0.225 e. The normalized spacial score (nSPS) is 18.2. The fourth-order valence-electron chi connectivity index (χ4n) is 2.88. The van der Waals surface area contributed by atoms with Crippen LogP contribution in [0.5, 0.6) is 0 Å². The monoisotopic (exact) mass is 300 g/mol. The predicted octanol–water partition coefficient (Wildman–Crippen LogP) is 2.82. The number of hydrogen-bond donors (Lipinski definition) is 1. The van der Waals surface area contributed by atoms with E-state index in [1.54, 1.807) is 12.1 Å². The van der Waals surface area contributed by atoms with E-state index in [1.165, 1.54) is 6.07 Å². The molecular weight excluding hydrogens is 279 g/mol. The first-order valence-corrected chi connectivity index (χ1v) is 7.66. The molecule has 1 aliphatic heterocycles. The van der Waals surface area contributed by atoms with Crippen LogP contribution in [-0.4, -0.2) is 37.2 Å². The highest BCUT2D eigenvalue weighted by Gasteiger charge is 2.22. The molecule has 1 saturated heterocycles. The molecule has 1 atom stereocenters. The Balaban J connectivity index is 2.07. The Labute approximate surface area is 130 Å². The molecule has 2 heterocycles. The third kappa shape index (κ3) is 3.09. The van der Waals surface area contributed by atoms with Gasteiger partial charge in [0.2, 0.25) is 5.95 Å². The van der Waals surface area contributed by atoms with Crippen molar-refractivity contribution < 1.29 is 4.39 Å². The van der Waals surface area contributed by atoms with Crippen molar-refractivity contribution in [1.82, 2.24) is 15.3 Å². The zero-order valence-corrected chi connectivity index (χ0v) is 13.0. The van der Waals surface area contributed by atoms with Gasteiger partial charge in [0.15, 0.2) is 0 Å². The molecule has 0 aliphatic carbocycles. The van der Waals surface area contributed by atoms with Crippen LogP contribution >= 0.6 is 0 Å². The number of aromatic nitrogens is 2. The average Bonchev–Trinajstić information content (AvgIpc) is 2.55. The molecule has 1 N–H and O–H groups in total. The molecule has 4 nitrogen and oxygen atoms in total. The molecule has 22 heavy (non-hydrogen) atoms. The number of rotatable bonds is 3. The Morgan fingerprint density at radius 1 is 1.32 bits per heavy atom. The highest BCUT2D eigenvalue weighted by Crippen LogP contribution is 2.32. The summed E-state index contributed by atoms with van der Waals surface area (Å²) in [6.45, 7) is 1.96. The van der Waals surface area contributed by atoms with Crippen LogP contribution in [0.3, 0.4) is 0 Å². The molecule has 0 unspecified atom stereocenters. The molecule has 0 spiro atoms. The molecule has 0 radical (unpaired) electrons. The number of halogens is 1. The number of nitrogens with one attached hydrogen (secondary N) is 1. The number of hydrogen-bond acceptors (Lipinski definition) is 4. The molecule has 0 bridgehead atoms. The van der Waals surface area contributed by atoms with Gasteiger partial charge in [-0.2, -0.15) is 0 Å². The molecule has 0 amide bonds. The molecular formula is C17H21FN4. The summed E-state index contributed by atoms with van der Waals surface area (Å²) < 4.78 is 13.6. The minimum atomic E-state index is -0.234. The van der Waals surface area contributed by atoms with Gasteiger partial charge in [0, 0.05) is 38.3 Å². The highest BCUT2D eigenvalue weighted by atomic mass is 19.1. The summed E-state index contributed by atoms with van der Waals surface area (Å²) in [5, 5.41) is 3.42. The van der Waals surface area contributed by atoms with Crippen LogP contribution in [-0.2, 0) is 0 Å². The van der Waals surface area contributed by atoms with Gasteiger partial charge in [-0.1, -0.05) is 12.1 Å². The zero-order valence-electron chi connectivity index (χ0n) is 13.0. The number of anilines is 1. The van der Waals surface area contributed by atoms with Crippen LogP contribution in [0.15, 0.2) is 30.5 Å². The predicted molar refractivity (Wildman–Crippen MR) is 86.6 cm³/mol. The highest BCUT2D eigenvalue weighted by molar-refractivity contribution is 5.66. The van der Waals surface area contributed by atoms with Crippen molar-refractivity contribution >= 4 is 5.95 Å². The fraction of sp³-hybridized carbons (Fsp3) is 0.412. The van der Waals surface area contributed by atoms with Crippen LogP contribution < -0.4 is 10.2 Å². The largest absolute Gasteiger partial charge is 0.347 e. The van der Waals surface area contributed by atoms with Gasteiger partial charge in [0.1, 0.15) is 5.82 Å². The number of nitrogens with zero attached hydrogens (tertiary/aromatic N) is 3. The fourth-order valence-corrected chi connectivity index (χ4v) is 2.88. The van der Waals surface area contributed by atoms with Gasteiger partial charge in [-0.25, -0.2) is 14.4 Å². The summed E-state index contributed by atoms with van der Waals surface area (Å²) in [5.41, 5.74) is 2.78. The van der Waals surface area contributed by atoms with Crippen LogP contribution in [0.2, 0.25) is 0 Å². The van der Waals surface area contributed by atoms with Gasteiger partial charge in [0.05, 0.1) is 5.69 Å². The maximum absolute atomic E-state index is 13.6. The second-order valence-electron chi connectivity index (χ2n) is 5.92. The summed E-state index contributed by atoms with van der Waals surface area (Å²) in [7, 11) is 3.86. The van der Waals surface area contributed by atoms with E-state index in [0.717, 1.165) is 42.8 Å². The first-order valence-electron chi connectivity index (χ1n) is 7.66. The summed E-state index contributed by atoms with van der Waals surface area (Å²) in [6.07, 6.45) is 4.05. The molecule has 1 aliphatic rings. The second-order valence-corrected chi connectivity index (χ2v) is 5.92. The SMILES string of the molecule is CN(C)c1ncc(-c2cccc(F)c2)c([C@@H]2CCCNC2)n1. The first kappa shape index (κ1) is 14.9. The van der Waals surface area contributed by atoms with Crippen LogP contribution in [0.1, 0.15) is 24.5 Å². The summed E-state index contributed by atoms with van der Waals surface area (Å²) in [5.74, 6) is 0.802. The Morgan fingerprint density at radius 3 is 2.86 bits per heavy atom. The van der Waals surface area contributed by atoms with Crippen LogP contribution in [0, 0.1) is 5.82 Å². The van der Waals surface area contributed by atoms with E-state index in [9.17, 15) is 4.39 Å². The van der Waals surface area contributed by atoms with Crippen LogP contribution in [0.25, 0.3) is 11.1 Å². The lowest BCUT2D eigenvalue weighted by molar-refractivity contribution is 0.455. The Bertz CT molecular complexity index is 651. The van der Waals surface area contributed by atoms with E-state index in [0.29, 0.717) is 11.9 Å². The summed E-state index contributed by atoms with van der Waals surface area (Å²) in [6, 6.07) is 6.65. The van der Waals surface area contributed by atoms with Gasteiger partial charge < -0.3 is 10.2 Å². The van der Waals surface area contributed by atoms with Crippen molar-refractivity contribution in [1.29, 1.82) is 0 Å². The maximum atomic E-state index is 13.6. The van der Waals surface area contributed by atoms with Crippen molar-refractivity contribution in [2.75, 3.05) is 32.1 Å². The minimum absolute atomic E-state index is 0.234. The summed E-state index contributed by atoms with van der Waals surface area (Å²) >= 11 is 0. The van der Waals surface area contributed by atoms with E-state index in [2.05, 4.69) is 10.3 Å². The molecule has 3 rings (SSSR count). The number of benzene rings is 1. The summed E-state index contributed by atoms with van der Waals surface area (Å²) in [4.78, 5) is 11.1. The van der Waals surface area contributed by atoms with Crippen molar-refractivity contribution in [2.24, 2.45) is 0 Å². The topological polar surface area (TPSA) is 41.1 Å². The van der Waals surface area contributed by atoms with Crippen molar-refractivity contribution in [3.8, 4) is 11.1 Å². The lowest BCUT2D eigenvalue weighted by Crippen LogP contribution is -2.29.